The fourth-order valence-corrected chi connectivity index (χ4v) is 1.16. The first kappa shape index (κ1) is 12.0. The van der Waals surface area contributed by atoms with Gasteiger partial charge in [-0.05, 0) is 24.1 Å². The highest BCUT2D eigenvalue weighted by Crippen LogP contribution is 2.11. The molecule has 0 aromatic heterocycles. The zero-order valence-corrected chi connectivity index (χ0v) is 9.11. The molecule has 0 saturated heterocycles. The molecule has 15 heavy (non-hydrogen) atoms. The highest BCUT2D eigenvalue weighted by atomic mass is 16.5. The maximum Gasteiger partial charge on any atom is 0.119 e. The van der Waals surface area contributed by atoms with Crippen molar-refractivity contribution in [3.05, 3.63) is 29.8 Å². The zero-order valence-electron chi connectivity index (χ0n) is 9.11. The normalized spacial score (nSPS) is 10.3. The van der Waals surface area contributed by atoms with Crippen LogP contribution in [0.15, 0.2) is 24.3 Å². The van der Waals surface area contributed by atoms with Crippen LogP contribution in [-0.4, -0.2) is 24.9 Å². The smallest absolute Gasteiger partial charge is 0.119 e. The summed E-state index contributed by atoms with van der Waals surface area (Å²) in [5.74, 6) is 0.812. The number of aliphatic hydroxyl groups excluding tert-OH is 1. The molecule has 0 aliphatic rings. The van der Waals surface area contributed by atoms with E-state index >= 15 is 0 Å². The Hall–Kier alpha value is -1.06. The maximum atomic E-state index is 8.84. The third-order valence-corrected chi connectivity index (χ3v) is 1.95. The number of hydrogen-bond acceptors (Lipinski definition) is 3. The largest absolute Gasteiger partial charge is 0.491 e. The quantitative estimate of drug-likeness (QED) is 0.699. The van der Waals surface area contributed by atoms with Crippen molar-refractivity contribution in [2.24, 2.45) is 0 Å². The fraction of sp³-hybridized carbons (Fsp3) is 0.500. The topological polar surface area (TPSA) is 38.7 Å². The Labute approximate surface area is 90.6 Å². The van der Waals surface area contributed by atoms with Gasteiger partial charge in [-0.15, -0.1) is 0 Å². The van der Waals surface area contributed by atoms with Gasteiger partial charge in [-0.2, -0.15) is 0 Å². The van der Waals surface area contributed by atoms with E-state index in [0.717, 1.165) is 24.3 Å². The second-order valence-electron chi connectivity index (χ2n) is 3.26. The Balaban J connectivity index is 2.20. The van der Waals surface area contributed by atoms with Gasteiger partial charge in [0.05, 0.1) is 13.2 Å². The molecule has 0 aliphatic heterocycles. The Morgan fingerprint density at radius 1 is 1.07 bits per heavy atom. The van der Waals surface area contributed by atoms with Crippen LogP contribution < -0.4 is 4.74 Å². The van der Waals surface area contributed by atoms with Crippen molar-refractivity contribution in [3.8, 4) is 5.75 Å². The first-order valence-electron chi connectivity index (χ1n) is 5.27. The monoisotopic (exact) mass is 210 g/mol. The first-order chi connectivity index (χ1) is 7.36. The van der Waals surface area contributed by atoms with Crippen LogP contribution in [0.5, 0.6) is 5.75 Å². The van der Waals surface area contributed by atoms with Crippen LogP contribution in [0, 0.1) is 0 Å². The van der Waals surface area contributed by atoms with Crippen molar-refractivity contribution in [1.29, 1.82) is 0 Å². The Morgan fingerprint density at radius 2 is 1.80 bits per heavy atom. The fourth-order valence-electron chi connectivity index (χ4n) is 1.16. The van der Waals surface area contributed by atoms with Gasteiger partial charge in [0, 0.05) is 6.61 Å². The SMILES string of the molecule is CCCOCCOc1ccc(CO)cc1. The molecule has 0 unspecified atom stereocenters. The number of benzene rings is 1. The molecule has 3 nitrogen and oxygen atoms in total. The summed E-state index contributed by atoms with van der Waals surface area (Å²) in [6, 6.07) is 7.40. The Kier molecular flexibility index (Phi) is 5.81. The third-order valence-electron chi connectivity index (χ3n) is 1.95. The number of ether oxygens (including phenoxy) is 2. The van der Waals surface area contributed by atoms with Gasteiger partial charge >= 0.3 is 0 Å². The van der Waals surface area contributed by atoms with Gasteiger partial charge in [0.1, 0.15) is 12.4 Å². The average molecular weight is 210 g/mol. The second kappa shape index (κ2) is 7.26. The predicted octanol–water partition coefficient (Wildman–Crippen LogP) is 1.98. The molecule has 0 spiro atoms. The molecule has 0 bridgehead atoms. The molecular weight excluding hydrogens is 192 g/mol. The van der Waals surface area contributed by atoms with Crippen LogP contribution in [0.2, 0.25) is 0 Å². The molecule has 0 atom stereocenters. The summed E-state index contributed by atoms with van der Waals surface area (Å²) in [4.78, 5) is 0. The van der Waals surface area contributed by atoms with Crippen LogP contribution in [0.4, 0.5) is 0 Å². The van der Waals surface area contributed by atoms with E-state index < -0.39 is 0 Å². The maximum absolute atomic E-state index is 8.84. The average Bonchev–Trinajstić information content (AvgIpc) is 2.30. The van der Waals surface area contributed by atoms with E-state index in [2.05, 4.69) is 6.92 Å². The van der Waals surface area contributed by atoms with Crippen molar-refractivity contribution in [1.82, 2.24) is 0 Å². The van der Waals surface area contributed by atoms with Crippen molar-refractivity contribution in [2.75, 3.05) is 19.8 Å². The van der Waals surface area contributed by atoms with Crippen LogP contribution in [0.25, 0.3) is 0 Å². The molecule has 0 heterocycles. The third kappa shape index (κ3) is 4.81. The summed E-state index contributed by atoms with van der Waals surface area (Å²) in [6.07, 6.45) is 1.03. The van der Waals surface area contributed by atoms with Gasteiger partial charge in [-0.25, -0.2) is 0 Å². The minimum absolute atomic E-state index is 0.0693. The predicted molar refractivity (Wildman–Crippen MR) is 59.0 cm³/mol. The van der Waals surface area contributed by atoms with Crippen LogP contribution in [0.1, 0.15) is 18.9 Å². The summed E-state index contributed by atoms with van der Waals surface area (Å²) in [5.41, 5.74) is 0.893. The molecule has 0 aliphatic carbocycles. The molecular formula is C12H18O3. The van der Waals surface area contributed by atoms with E-state index in [-0.39, 0.29) is 6.61 Å². The van der Waals surface area contributed by atoms with Gasteiger partial charge < -0.3 is 14.6 Å². The molecule has 0 radical (unpaired) electrons. The minimum Gasteiger partial charge on any atom is -0.491 e. The second-order valence-corrected chi connectivity index (χ2v) is 3.26. The van der Waals surface area contributed by atoms with Crippen LogP contribution in [-0.2, 0) is 11.3 Å². The Morgan fingerprint density at radius 3 is 2.40 bits per heavy atom. The number of aliphatic hydroxyl groups is 1. The molecule has 1 N–H and O–H groups in total. The molecule has 3 heteroatoms. The highest BCUT2D eigenvalue weighted by molar-refractivity contribution is 5.26. The van der Waals surface area contributed by atoms with Crippen LogP contribution in [0.3, 0.4) is 0 Å². The minimum atomic E-state index is 0.0693. The van der Waals surface area contributed by atoms with Crippen molar-refractivity contribution in [2.45, 2.75) is 20.0 Å². The molecule has 0 amide bonds. The van der Waals surface area contributed by atoms with Gasteiger partial charge in [0.25, 0.3) is 0 Å². The van der Waals surface area contributed by atoms with Gasteiger partial charge in [0.2, 0.25) is 0 Å². The van der Waals surface area contributed by atoms with E-state index in [1.807, 2.05) is 24.3 Å². The molecule has 1 aromatic carbocycles. The highest BCUT2D eigenvalue weighted by Gasteiger charge is 1.94. The van der Waals surface area contributed by atoms with Crippen molar-refractivity contribution in [3.63, 3.8) is 0 Å². The number of rotatable bonds is 7. The first-order valence-corrected chi connectivity index (χ1v) is 5.27. The van der Waals surface area contributed by atoms with Gasteiger partial charge in [0.15, 0.2) is 0 Å². The van der Waals surface area contributed by atoms with Gasteiger partial charge in [-0.3, -0.25) is 0 Å². The Bertz CT molecular complexity index is 256. The lowest BCUT2D eigenvalue weighted by atomic mass is 10.2. The van der Waals surface area contributed by atoms with Crippen molar-refractivity contribution >= 4 is 0 Å². The molecule has 1 aromatic rings. The summed E-state index contributed by atoms with van der Waals surface area (Å²) >= 11 is 0. The number of hydrogen-bond donors (Lipinski definition) is 1. The van der Waals surface area contributed by atoms with E-state index in [1.165, 1.54) is 0 Å². The lowest BCUT2D eigenvalue weighted by Gasteiger charge is -2.06. The molecule has 1 rings (SSSR count). The van der Waals surface area contributed by atoms with E-state index in [4.69, 9.17) is 14.6 Å². The van der Waals surface area contributed by atoms with Crippen LogP contribution >= 0.6 is 0 Å². The van der Waals surface area contributed by atoms with E-state index in [9.17, 15) is 0 Å². The van der Waals surface area contributed by atoms with E-state index in [1.54, 1.807) is 0 Å². The zero-order chi connectivity index (χ0) is 10.9. The van der Waals surface area contributed by atoms with Crippen molar-refractivity contribution < 1.29 is 14.6 Å². The summed E-state index contributed by atoms with van der Waals surface area (Å²) < 4.78 is 10.7. The molecule has 0 fully saturated rings. The molecule has 84 valence electrons. The summed E-state index contributed by atoms with van der Waals surface area (Å²) in [7, 11) is 0. The lowest BCUT2D eigenvalue weighted by Crippen LogP contribution is -2.07. The van der Waals surface area contributed by atoms with Gasteiger partial charge in [-0.1, -0.05) is 19.1 Å². The summed E-state index contributed by atoms with van der Waals surface area (Å²) in [6.45, 7) is 4.12. The molecule has 0 saturated carbocycles. The summed E-state index contributed by atoms with van der Waals surface area (Å²) in [5, 5.41) is 8.84. The lowest BCUT2D eigenvalue weighted by molar-refractivity contribution is 0.101. The van der Waals surface area contributed by atoms with E-state index in [0.29, 0.717) is 13.2 Å². The standard InChI is InChI=1S/C12H18O3/c1-2-7-14-8-9-15-12-5-3-11(10-13)4-6-12/h3-6,13H,2,7-10H2,1H3.